The molecule has 0 unspecified atom stereocenters. The maximum atomic E-state index is 10.7. The van der Waals surface area contributed by atoms with E-state index in [1.807, 2.05) is 18.2 Å². The van der Waals surface area contributed by atoms with Crippen LogP contribution in [0.3, 0.4) is 0 Å². The molecule has 3 aromatic carbocycles. The van der Waals surface area contributed by atoms with Gasteiger partial charge in [-0.05, 0) is 53.1 Å². The summed E-state index contributed by atoms with van der Waals surface area (Å²) in [7, 11) is -10.8. The number of hydrogen-bond donors (Lipinski definition) is 1. The molecular formula is C25H31BrClFI48O8S2. The molecule has 0 radical (unpaired) electrons. The van der Waals surface area contributed by atoms with Gasteiger partial charge in [0.15, 0.2) is 0 Å². The molecule has 0 saturated heterocycles. The van der Waals surface area contributed by atoms with Gasteiger partial charge in [0, 0.05) is 16.0 Å². The van der Waals surface area contributed by atoms with Crippen LogP contribution in [0, 0.1) is 0 Å². The molecule has 548 valence electrons. The minimum atomic E-state index is -3.96. The predicted molar refractivity (Wildman–Crippen MR) is 825 cm³/mol. The molecule has 0 aliphatic heterocycles. The van der Waals surface area contributed by atoms with Gasteiger partial charge in [-0.15, -0.1) is 0 Å². The van der Waals surface area contributed by atoms with Gasteiger partial charge in [0.25, 0.3) is 10.1 Å². The van der Waals surface area contributed by atoms with Crippen LogP contribution in [0.4, 0.5) is 4.39 Å². The van der Waals surface area contributed by atoms with E-state index in [1.54, 1.807) is 55.6 Å². The quantitative estimate of drug-likeness (QED) is 0.0304. The summed E-state index contributed by atoms with van der Waals surface area (Å²) in [5, 5.41) is 0.879. The largest absolute Gasteiger partial charge is 0.255 e. The number of alkyl halides is 2. The molecule has 0 aliphatic rings. The molecule has 0 aliphatic carbocycles. The Morgan fingerprint density at radius 3 is 0.767 bits per heavy atom. The number of hydrogen-bond acceptors (Lipinski definition) is 7. The van der Waals surface area contributed by atoms with Crippen molar-refractivity contribution in [3.63, 3.8) is 0 Å². The van der Waals surface area contributed by atoms with E-state index in [-0.39, 0.29) is 11.5 Å². The number of rotatable bonds is 30. The van der Waals surface area contributed by atoms with E-state index in [1.165, 1.54) is 19.8 Å². The van der Waals surface area contributed by atoms with Gasteiger partial charge in [0.1, 0.15) is 23.0 Å². The van der Waals surface area contributed by atoms with Crippen LogP contribution in [-0.2, 0) is 36.0 Å². The second-order valence-electron chi connectivity index (χ2n) is 10.8. The predicted octanol–water partition coefficient (Wildman–Crippen LogP) is 48.5. The molecule has 8 nitrogen and oxygen atoms in total. The van der Waals surface area contributed by atoms with Crippen molar-refractivity contribution in [3.05, 3.63) is 89.5 Å². The van der Waals surface area contributed by atoms with Gasteiger partial charge in [-0.3, -0.25) is 8.94 Å². The Morgan fingerprint density at radius 2 is 0.593 bits per heavy atom. The zero-order chi connectivity index (χ0) is 68.2. The minimum Gasteiger partial charge on any atom is -0.255 e. The van der Waals surface area contributed by atoms with E-state index in [4.69, 9.17) is 30.8 Å². The fourth-order valence-corrected chi connectivity index (χ4v) is 8810. The topological polar surface area (TPSA) is 116 Å². The van der Waals surface area contributed by atoms with Crippen molar-refractivity contribution in [2.75, 3.05) is 28.5 Å². The van der Waals surface area contributed by atoms with E-state index < -0.39 is 208 Å². The fourth-order valence-electron chi connectivity index (χ4n) is 3.34. The van der Waals surface area contributed by atoms with Gasteiger partial charge in [0.2, 0.25) is 9.05 Å². The Labute approximate surface area is 845 Å². The molecule has 1 N–H and O–H groups in total. The number of ether oxygens (including phenoxy) is 3. The summed E-state index contributed by atoms with van der Waals surface area (Å²) in [6, 6.07) is 21.3. The van der Waals surface area contributed by atoms with Crippen LogP contribution in [-0.4, -0.2) is 49.9 Å². The molecule has 3 rings (SSSR count). The normalized spacial score (nSPS) is 15.2. The van der Waals surface area contributed by atoms with Gasteiger partial charge in [-0.25, -0.2) is 8.42 Å². The summed E-state index contributed by atoms with van der Waals surface area (Å²) in [4.78, 5) is 0. The van der Waals surface area contributed by atoms with Crippen LogP contribution < -0.4 is 14.2 Å². The second kappa shape index (κ2) is 71.5. The van der Waals surface area contributed by atoms with Gasteiger partial charge in [-0.1, -0.05) is 52.3 Å². The van der Waals surface area contributed by atoms with Crippen molar-refractivity contribution in [3.8, 4) is 17.2 Å². The first-order valence-electron chi connectivity index (χ1n) is 17.9. The van der Waals surface area contributed by atoms with E-state index in [2.05, 4.69) is 487 Å². The second-order valence-corrected chi connectivity index (χ2v) is 1140. The zero-order valence-corrected chi connectivity index (χ0v) is 147. The summed E-state index contributed by atoms with van der Waals surface area (Å²) in [6.45, 7) is 0. The molecule has 0 atom stereocenters. The molecular weight excluding hydrogens is 6720 g/mol. The van der Waals surface area contributed by atoms with Crippen LogP contribution in [0.15, 0.2) is 72.8 Å². The maximum absolute atomic E-state index is 10.7. The minimum absolute atomic E-state index is 0.175. The molecule has 0 fully saturated rings. The van der Waals surface area contributed by atoms with Crippen LogP contribution in [0.2, 0.25) is 0 Å². The van der Waals surface area contributed by atoms with Crippen LogP contribution in [0.25, 0.3) is 0 Å². The zero-order valence-electron chi connectivity index (χ0n) is 40.2. The monoisotopic (exact) mass is 6750 g/mol. The SMILES string of the molecule is COc1cccc(CBr)c1.COc1cccc(CS(=O)(=O)Cl)c1.COc1cccc(CS(=O)(=O)O)c1.II(I)I(I)I(I)I(I)I(I)I(I)I(I)I(I)I(I)I(I)I(I)I(I)I(I)I(I)I(I)I(I)I(I)I(I)I(I)I(I)I(I)I(I)I(I)I.[2H]CF. The first-order chi connectivity index (χ1) is 40.1. The Bertz CT molecular complexity index is 2420. The summed E-state index contributed by atoms with van der Waals surface area (Å²) >= 11 is 84.8. The van der Waals surface area contributed by atoms with Gasteiger partial charge < -0.3 is 14.2 Å². The van der Waals surface area contributed by atoms with Crippen molar-refractivity contribution in [1.29, 1.82) is 0 Å². The molecule has 3 aromatic rings. The molecule has 0 bridgehead atoms. The number of halogens is 51. The summed E-state index contributed by atoms with van der Waals surface area (Å²) in [6.07, 6.45) is 0. The maximum Gasteiger partial charge on any atom is 0.0785 e. The van der Waals surface area contributed by atoms with Crippen molar-refractivity contribution >= 4 is 693 Å². The van der Waals surface area contributed by atoms with Crippen molar-refractivity contribution < 1.29 is 41.4 Å². The third-order valence-electron chi connectivity index (χ3n) is 6.04. The van der Waals surface area contributed by atoms with E-state index in [0.717, 1.165) is 11.1 Å². The summed E-state index contributed by atoms with van der Waals surface area (Å²) in [5.74, 6) is 1.55. The van der Waals surface area contributed by atoms with Crippen molar-refractivity contribution in [2.45, 2.75) is 16.8 Å². The molecule has 0 spiro atoms. The average molecular weight is 6750 g/mol. The molecule has 0 saturated carbocycles. The molecule has 0 heterocycles. The Hall–Kier alpha value is 32.7. The first kappa shape index (κ1) is 119. The third-order valence-corrected chi connectivity index (χ3v) is 3640. The van der Waals surface area contributed by atoms with Crippen LogP contribution in [0.5, 0.6) is 17.2 Å². The average Bonchev–Trinajstić information content (AvgIpc) is 3.69. The van der Waals surface area contributed by atoms with E-state index in [9.17, 15) is 21.2 Å². The summed E-state index contributed by atoms with van der Waals surface area (Å²) in [5.41, 5.74) is 2.36. The molecule has 86 heavy (non-hydrogen) atoms. The Morgan fingerprint density at radius 1 is 0.407 bits per heavy atom. The third kappa shape index (κ3) is 54.9. The van der Waals surface area contributed by atoms with E-state index in [0.29, 0.717) is 22.6 Å². The van der Waals surface area contributed by atoms with Gasteiger partial charge >= 0.3 is 647 Å². The van der Waals surface area contributed by atoms with Crippen LogP contribution >= 0.6 is 674 Å². The molecule has 61 heteroatoms. The first-order valence-corrected chi connectivity index (χ1v) is 318. The molecule has 0 amide bonds. The standard InChI is InChI=1S/C8H9BrO.C8H9ClO3S.C8H10O4S.CH3F.I48/c1-10-8-4-2-3-7(5-8)6-9;2*1-12-8-4-2-3-7(5-8)6-13(9,10)11;1-2;1-26(2)28(5)30(7)32(9)34(11)36(13)38(15)40(17)42(19)44(21)46(23)48(25)47(24)45(22)43(20)41(18)39(16)37(14)35(12)33(10)31(8)29(6)27(3)4/h2-5H,6H2,1H3;2-5H,6H2,1H3;2-5H,6H2,1H3,(H,9,10,11);1H3;/i;;;1D;. The van der Waals surface area contributed by atoms with Crippen molar-refractivity contribution in [2.24, 2.45) is 0 Å². The van der Waals surface area contributed by atoms with E-state index >= 15 is 0 Å². The summed E-state index contributed by atoms with van der Waals surface area (Å²) < 4.78 is 81.4. The van der Waals surface area contributed by atoms with Gasteiger partial charge in [-0.2, -0.15) is 8.42 Å². The van der Waals surface area contributed by atoms with Crippen LogP contribution in [0.1, 0.15) is 18.1 Å². The van der Waals surface area contributed by atoms with Gasteiger partial charge in [0.05, 0.1) is 35.6 Å². The fraction of sp³-hybridized carbons (Fsp3) is 0.280. The smallest absolute Gasteiger partial charge is 0.0785 e. The Balaban J connectivity index is 0. The Kier molecular flexibility index (Phi) is 98.6. The van der Waals surface area contributed by atoms with Crippen molar-refractivity contribution in [1.82, 2.24) is 0 Å². The number of benzene rings is 3. The molecule has 0 aromatic heterocycles. The number of methoxy groups -OCH3 is 3.